The number of hydrogen-bond donors (Lipinski definition) is 2. The molecule has 1 aromatic carbocycles. The van der Waals surface area contributed by atoms with Gasteiger partial charge >= 0.3 is 0 Å². The van der Waals surface area contributed by atoms with Crippen LogP contribution in [0.1, 0.15) is 42.1 Å². The lowest BCUT2D eigenvalue weighted by Gasteiger charge is -2.22. The molecule has 0 saturated heterocycles. The zero-order chi connectivity index (χ0) is 16.7. The maximum Gasteiger partial charge on any atom is 0.225 e. The van der Waals surface area contributed by atoms with Crippen LogP contribution < -0.4 is 0 Å². The van der Waals surface area contributed by atoms with Crippen LogP contribution in [-0.2, 0) is 4.79 Å². The van der Waals surface area contributed by atoms with Crippen LogP contribution in [-0.4, -0.2) is 47.0 Å². The van der Waals surface area contributed by atoms with Gasteiger partial charge in [0.2, 0.25) is 5.91 Å². The highest BCUT2D eigenvalue weighted by Gasteiger charge is 2.22. The number of phenols is 1. The molecule has 0 aromatic heterocycles. The van der Waals surface area contributed by atoms with E-state index < -0.39 is 0 Å². The Labute approximate surface area is 131 Å². The van der Waals surface area contributed by atoms with Crippen molar-refractivity contribution in [3.63, 3.8) is 0 Å². The molecule has 2 N–H and O–H groups in total. The summed E-state index contributed by atoms with van der Waals surface area (Å²) in [6, 6.07) is 4.69. The van der Waals surface area contributed by atoms with Gasteiger partial charge in [-0.3, -0.25) is 9.59 Å². The van der Waals surface area contributed by atoms with Crippen LogP contribution in [0, 0.1) is 12.8 Å². The van der Waals surface area contributed by atoms with Gasteiger partial charge in [0.05, 0.1) is 6.54 Å². The van der Waals surface area contributed by atoms with Crippen molar-refractivity contribution in [2.75, 3.05) is 20.2 Å². The van der Waals surface area contributed by atoms with Gasteiger partial charge in [-0.1, -0.05) is 6.92 Å². The van der Waals surface area contributed by atoms with E-state index in [1.807, 2.05) is 6.92 Å². The number of aromatic hydroxyl groups is 1. The van der Waals surface area contributed by atoms with E-state index in [9.17, 15) is 14.7 Å². The van der Waals surface area contributed by atoms with Gasteiger partial charge in [-0.15, -0.1) is 0 Å². The van der Waals surface area contributed by atoms with Crippen LogP contribution in [0.5, 0.6) is 5.75 Å². The number of carbonyl (C=O) groups is 2. The third-order valence-electron chi connectivity index (χ3n) is 3.69. The summed E-state index contributed by atoms with van der Waals surface area (Å²) in [5.74, 6) is -0.407. The van der Waals surface area contributed by atoms with Crippen LogP contribution in [0.4, 0.5) is 0 Å². The van der Waals surface area contributed by atoms with Crippen LogP contribution >= 0.6 is 0 Å². The molecule has 0 radical (unpaired) electrons. The molecule has 0 fully saturated rings. The number of carbonyl (C=O) groups excluding carboxylic acids is 2. The Morgan fingerprint density at radius 3 is 2.50 bits per heavy atom. The molecule has 0 aliphatic rings. The second-order valence-corrected chi connectivity index (χ2v) is 5.65. The number of nitrogens with zero attached hydrogens (tertiary/aromatic N) is 1. The highest BCUT2D eigenvalue weighted by atomic mass is 16.3. The zero-order valence-corrected chi connectivity index (χ0v) is 13.5. The number of aliphatic hydroxyl groups is 1. The van der Waals surface area contributed by atoms with Crippen molar-refractivity contribution in [1.82, 2.24) is 4.90 Å². The van der Waals surface area contributed by atoms with Crippen molar-refractivity contribution in [2.24, 2.45) is 5.92 Å². The van der Waals surface area contributed by atoms with Crippen molar-refractivity contribution in [1.29, 1.82) is 0 Å². The van der Waals surface area contributed by atoms with E-state index >= 15 is 0 Å². The monoisotopic (exact) mass is 307 g/mol. The van der Waals surface area contributed by atoms with Gasteiger partial charge in [-0.2, -0.15) is 0 Å². The predicted octanol–water partition coefficient (Wildman–Crippen LogP) is 2.14. The smallest absolute Gasteiger partial charge is 0.225 e. The van der Waals surface area contributed by atoms with Gasteiger partial charge in [0.25, 0.3) is 0 Å². The average Bonchev–Trinajstić information content (AvgIpc) is 2.46. The molecule has 1 amide bonds. The van der Waals surface area contributed by atoms with E-state index in [4.69, 9.17) is 5.11 Å². The van der Waals surface area contributed by atoms with Crippen molar-refractivity contribution in [3.05, 3.63) is 29.3 Å². The lowest BCUT2D eigenvalue weighted by atomic mass is 9.98. The fourth-order valence-electron chi connectivity index (χ4n) is 2.46. The maximum absolute atomic E-state index is 12.3. The normalized spacial score (nSPS) is 12.0. The number of hydrogen-bond acceptors (Lipinski definition) is 4. The number of phenolic OH excluding ortho intramolecular Hbond substituents is 1. The van der Waals surface area contributed by atoms with Crippen LogP contribution in [0.2, 0.25) is 0 Å². The lowest BCUT2D eigenvalue weighted by Crippen LogP contribution is -2.36. The number of likely N-dealkylation sites (N-methyl/N-ethyl adjacent to an activating group) is 1. The number of rotatable bonds is 8. The minimum atomic E-state index is -0.202. The Morgan fingerprint density at radius 2 is 1.95 bits per heavy atom. The number of aryl methyl sites for hydroxylation is 1. The molecule has 1 aromatic rings. The standard InChI is InChI=1S/C17H25NO4/c1-4-13(6-5-7-19)17(22)18(3)11-16(21)14-8-12(2)9-15(20)10-14/h8-10,13,19-20H,4-7,11H2,1-3H3. The maximum atomic E-state index is 12.3. The topological polar surface area (TPSA) is 77.8 Å². The van der Waals surface area contributed by atoms with Crippen molar-refractivity contribution >= 4 is 11.7 Å². The van der Waals surface area contributed by atoms with Gasteiger partial charge in [0, 0.05) is 25.1 Å². The average molecular weight is 307 g/mol. The molecule has 1 unspecified atom stereocenters. The Morgan fingerprint density at radius 1 is 1.27 bits per heavy atom. The van der Waals surface area contributed by atoms with E-state index in [0.717, 1.165) is 5.56 Å². The van der Waals surface area contributed by atoms with Gasteiger partial charge < -0.3 is 15.1 Å². The third-order valence-corrected chi connectivity index (χ3v) is 3.69. The van der Waals surface area contributed by atoms with E-state index in [1.54, 1.807) is 26.1 Å². The SMILES string of the molecule is CCC(CCCO)C(=O)N(C)CC(=O)c1cc(C)cc(O)c1. The lowest BCUT2D eigenvalue weighted by molar-refractivity contribution is -0.134. The summed E-state index contributed by atoms with van der Waals surface area (Å²) in [5, 5.41) is 18.4. The van der Waals surface area contributed by atoms with Gasteiger partial charge in [-0.25, -0.2) is 0 Å². The summed E-state index contributed by atoms with van der Waals surface area (Å²) >= 11 is 0. The van der Waals surface area contributed by atoms with E-state index in [1.165, 1.54) is 11.0 Å². The predicted molar refractivity (Wildman–Crippen MR) is 84.9 cm³/mol. The first-order valence-electron chi connectivity index (χ1n) is 7.58. The molecule has 0 bridgehead atoms. The molecule has 0 heterocycles. The fourth-order valence-corrected chi connectivity index (χ4v) is 2.46. The second-order valence-electron chi connectivity index (χ2n) is 5.65. The van der Waals surface area contributed by atoms with Gasteiger partial charge in [0.1, 0.15) is 5.75 Å². The molecule has 5 heteroatoms. The number of benzene rings is 1. The molecule has 1 rings (SSSR count). The molecule has 0 aliphatic carbocycles. The zero-order valence-electron chi connectivity index (χ0n) is 13.5. The van der Waals surface area contributed by atoms with Crippen LogP contribution in [0.15, 0.2) is 18.2 Å². The second kappa shape index (κ2) is 8.54. The Kier molecular flexibility index (Phi) is 7.05. The molecule has 1 atom stereocenters. The van der Waals surface area contributed by atoms with Crippen molar-refractivity contribution in [3.8, 4) is 5.75 Å². The summed E-state index contributed by atoms with van der Waals surface area (Å²) in [7, 11) is 1.61. The summed E-state index contributed by atoms with van der Waals surface area (Å²) in [4.78, 5) is 26.0. The fraction of sp³-hybridized carbons (Fsp3) is 0.529. The van der Waals surface area contributed by atoms with E-state index in [2.05, 4.69) is 0 Å². The Balaban J connectivity index is 2.71. The van der Waals surface area contributed by atoms with Gasteiger partial charge in [0.15, 0.2) is 5.78 Å². The van der Waals surface area contributed by atoms with E-state index in [-0.39, 0.29) is 36.5 Å². The summed E-state index contributed by atoms with van der Waals surface area (Å²) in [5.41, 5.74) is 1.20. The highest BCUT2D eigenvalue weighted by molar-refractivity contribution is 5.99. The molecular formula is C17H25NO4. The quantitative estimate of drug-likeness (QED) is 0.721. The number of ketones is 1. The highest BCUT2D eigenvalue weighted by Crippen LogP contribution is 2.17. The van der Waals surface area contributed by atoms with Crippen molar-refractivity contribution in [2.45, 2.75) is 33.1 Å². The number of Topliss-reactive ketones (excluding diaryl/α,β-unsaturated/α-hetero) is 1. The van der Waals surface area contributed by atoms with E-state index in [0.29, 0.717) is 24.8 Å². The van der Waals surface area contributed by atoms with Gasteiger partial charge in [-0.05, 0) is 49.9 Å². The third kappa shape index (κ3) is 5.15. The summed E-state index contributed by atoms with van der Waals surface area (Å²) in [6.07, 6.45) is 1.88. The molecule has 0 aliphatic heterocycles. The number of amides is 1. The summed E-state index contributed by atoms with van der Waals surface area (Å²) < 4.78 is 0. The Hall–Kier alpha value is -1.88. The molecule has 122 valence electrons. The Bertz CT molecular complexity index is 507. The first-order valence-corrected chi connectivity index (χ1v) is 7.58. The minimum absolute atomic E-state index is 0.0165. The molecule has 5 nitrogen and oxygen atoms in total. The molecule has 0 spiro atoms. The first kappa shape index (κ1) is 18.2. The first-order chi connectivity index (χ1) is 10.4. The summed E-state index contributed by atoms with van der Waals surface area (Å²) in [6.45, 7) is 3.77. The molecular weight excluding hydrogens is 282 g/mol. The minimum Gasteiger partial charge on any atom is -0.508 e. The van der Waals surface area contributed by atoms with Crippen LogP contribution in [0.25, 0.3) is 0 Å². The molecule has 0 saturated carbocycles. The number of aliphatic hydroxyl groups excluding tert-OH is 1. The van der Waals surface area contributed by atoms with Crippen LogP contribution in [0.3, 0.4) is 0 Å². The largest absolute Gasteiger partial charge is 0.508 e. The molecule has 22 heavy (non-hydrogen) atoms. The van der Waals surface area contributed by atoms with Crippen molar-refractivity contribution < 1.29 is 19.8 Å².